The van der Waals surface area contributed by atoms with Crippen molar-refractivity contribution < 1.29 is 5.11 Å². The zero-order chi connectivity index (χ0) is 29.2. The smallest absolute Gasteiger partial charge is 0.138 e. The van der Waals surface area contributed by atoms with Crippen LogP contribution in [0.4, 0.5) is 11.4 Å². The van der Waals surface area contributed by atoms with E-state index in [0.717, 1.165) is 70.7 Å². The van der Waals surface area contributed by atoms with Crippen molar-refractivity contribution in [3.8, 4) is 39.7 Å². The van der Waals surface area contributed by atoms with E-state index in [0.29, 0.717) is 17.6 Å². The number of imidazole rings is 1. The number of aromatic hydroxyl groups is 1. The molecule has 0 bridgehead atoms. The summed E-state index contributed by atoms with van der Waals surface area (Å²) < 4.78 is 0. The van der Waals surface area contributed by atoms with Gasteiger partial charge in [-0.15, -0.1) is 0 Å². The normalized spacial score (nSPS) is 16.5. The van der Waals surface area contributed by atoms with Gasteiger partial charge >= 0.3 is 0 Å². The second kappa shape index (κ2) is 12.2. The first-order valence-corrected chi connectivity index (χ1v) is 15.9. The fourth-order valence-corrected chi connectivity index (χ4v) is 7.04. The summed E-state index contributed by atoms with van der Waals surface area (Å²) >= 11 is 0. The van der Waals surface area contributed by atoms with Gasteiger partial charge in [0, 0.05) is 56.3 Å². The van der Waals surface area contributed by atoms with Crippen LogP contribution in [-0.2, 0) is 0 Å². The first kappa shape index (κ1) is 28.4. The number of benzene rings is 3. The third-order valence-corrected chi connectivity index (χ3v) is 9.57. The van der Waals surface area contributed by atoms with Crippen LogP contribution in [0.5, 0.6) is 5.75 Å². The molecule has 42 heavy (non-hydrogen) atoms. The van der Waals surface area contributed by atoms with Gasteiger partial charge in [-0.25, -0.2) is 4.98 Å². The van der Waals surface area contributed by atoms with Gasteiger partial charge < -0.3 is 19.9 Å². The van der Waals surface area contributed by atoms with Gasteiger partial charge in [-0.05, 0) is 85.0 Å². The average molecular weight is 563 g/mol. The lowest BCUT2D eigenvalue weighted by molar-refractivity contribution is 0.393. The first-order valence-electron chi connectivity index (χ1n) is 15.9. The number of anilines is 2. The van der Waals surface area contributed by atoms with Crippen molar-refractivity contribution in [3.05, 3.63) is 71.8 Å². The Bertz CT molecular complexity index is 1380. The zero-order valence-electron chi connectivity index (χ0n) is 25.8. The van der Waals surface area contributed by atoms with E-state index in [2.05, 4.69) is 104 Å². The van der Waals surface area contributed by atoms with Gasteiger partial charge in [-0.1, -0.05) is 62.8 Å². The van der Waals surface area contributed by atoms with Crippen molar-refractivity contribution in [2.24, 2.45) is 0 Å². The third-order valence-electron chi connectivity index (χ3n) is 9.57. The summed E-state index contributed by atoms with van der Waals surface area (Å²) in [6, 6.07) is 21.8. The molecule has 2 aliphatic carbocycles. The van der Waals surface area contributed by atoms with Gasteiger partial charge in [-0.3, -0.25) is 0 Å². The molecule has 2 aliphatic rings. The van der Waals surface area contributed by atoms with Gasteiger partial charge in [0.05, 0.1) is 11.4 Å². The Morgan fingerprint density at radius 3 is 1.52 bits per heavy atom. The maximum Gasteiger partial charge on any atom is 0.138 e. The van der Waals surface area contributed by atoms with Crippen LogP contribution in [0.2, 0.25) is 0 Å². The van der Waals surface area contributed by atoms with E-state index >= 15 is 0 Å². The number of aromatic amines is 1. The maximum absolute atomic E-state index is 11.7. The topological polar surface area (TPSA) is 55.4 Å². The van der Waals surface area contributed by atoms with Crippen molar-refractivity contribution in [3.63, 3.8) is 0 Å². The van der Waals surface area contributed by atoms with Crippen molar-refractivity contribution in [1.29, 1.82) is 0 Å². The summed E-state index contributed by atoms with van der Waals surface area (Å²) in [5, 5.41) is 11.7. The number of nitrogens with one attached hydrogen (secondary N) is 1. The molecular weight excluding hydrogens is 516 g/mol. The van der Waals surface area contributed by atoms with E-state index in [4.69, 9.17) is 4.98 Å². The van der Waals surface area contributed by atoms with Gasteiger partial charge in [0.15, 0.2) is 0 Å². The molecule has 0 radical (unpaired) electrons. The quantitative estimate of drug-likeness (QED) is 0.236. The molecule has 4 aromatic rings. The molecule has 0 unspecified atom stereocenters. The van der Waals surface area contributed by atoms with Gasteiger partial charge in [0.2, 0.25) is 0 Å². The van der Waals surface area contributed by atoms with E-state index < -0.39 is 0 Å². The van der Waals surface area contributed by atoms with E-state index in [9.17, 15) is 5.11 Å². The van der Waals surface area contributed by atoms with Crippen LogP contribution in [0.15, 0.2) is 60.7 Å². The second-order valence-electron chi connectivity index (χ2n) is 12.9. The van der Waals surface area contributed by atoms with Crippen LogP contribution in [0, 0.1) is 0 Å². The van der Waals surface area contributed by atoms with E-state index in [1.165, 1.54) is 49.9 Å². The van der Waals surface area contributed by atoms with Crippen LogP contribution in [0.25, 0.3) is 33.9 Å². The molecule has 0 spiro atoms. The molecule has 0 amide bonds. The lowest BCUT2D eigenvalue weighted by Gasteiger charge is -2.28. The maximum atomic E-state index is 11.7. The monoisotopic (exact) mass is 562 g/mol. The van der Waals surface area contributed by atoms with Crippen molar-refractivity contribution >= 4 is 11.4 Å². The summed E-state index contributed by atoms with van der Waals surface area (Å²) in [6.07, 6.45) is 12.2. The fraction of sp³-hybridized carbons (Fsp3) is 0.432. The molecule has 1 heterocycles. The standard InChI is InChI=1S/C37H46N4O/c1-40(2)30-19-15-27(16-20-30)34-35(28-17-21-31(22-18-28)41(3)4)39-37(38-34)29-23-32(25-11-7-5-8-12-25)36(42)33(24-29)26-13-9-6-10-14-26/h15-26,42H,5-14H2,1-4H3,(H,38,39). The number of H-pyrrole nitrogens is 1. The molecule has 3 aromatic carbocycles. The molecule has 5 heteroatoms. The molecule has 0 atom stereocenters. The number of phenols is 1. The number of aromatic nitrogens is 2. The number of rotatable bonds is 7. The van der Waals surface area contributed by atoms with Crippen molar-refractivity contribution in [2.45, 2.75) is 76.0 Å². The van der Waals surface area contributed by atoms with E-state index in [-0.39, 0.29) is 0 Å². The Kier molecular flexibility index (Phi) is 8.28. The van der Waals surface area contributed by atoms with E-state index in [1.807, 2.05) is 0 Å². The summed E-state index contributed by atoms with van der Waals surface area (Å²) in [5.74, 6) is 2.28. The molecule has 2 fully saturated rings. The minimum atomic E-state index is 0.423. The molecular formula is C37H46N4O. The van der Waals surface area contributed by atoms with Crippen LogP contribution in [0.1, 0.15) is 87.2 Å². The molecule has 2 saturated carbocycles. The predicted molar refractivity (Wildman–Crippen MR) is 177 cm³/mol. The van der Waals surface area contributed by atoms with Crippen molar-refractivity contribution in [1.82, 2.24) is 9.97 Å². The molecule has 220 valence electrons. The highest BCUT2D eigenvalue weighted by Crippen LogP contribution is 2.46. The van der Waals surface area contributed by atoms with Crippen LogP contribution < -0.4 is 9.80 Å². The summed E-state index contributed by atoms with van der Waals surface area (Å²) in [6.45, 7) is 0. The minimum Gasteiger partial charge on any atom is -0.507 e. The van der Waals surface area contributed by atoms with Gasteiger partial charge in [0.1, 0.15) is 11.6 Å². The second-order valence-corrected chi connectivity index (χ2v) is 12.9. The number of phenolic OH excluding ortho intramolecular Hbond substituents is 1. The van der Waals surface area contributed by atoms with Gasteiger partial charge in [-0.2, -0.15) is 0 Å². The van der Waals surface area contributed by atoms with Crippen LogP contribution in [0.3, 0.4) is 0 Å². The molecule has 0 aliphatic heterocycles. The summed E-state index contributed by atoms with van der Waals surface area (Å²) in [7, 11) is 8.27. The number of nitrogens with zero attached hydrogens (tertiary/aromatic N) is 3. The minimum absolute atomic E-state index is 0.423. The predicted octanol–water partition coefficient (Wildman–Crippen LogP) is 9.34. The lowest BCUT2D eigenvalue weighted by Crippen LogP contribution is -2.09. The Morgan fingerprint density at radius 1 is 0.619 bits per heavy atom. The molecule has 0 saturated heterocycles. The van der Waals surface area contributed by atoms with Crippen LogP contribution >= 0.6 is 0 Å². The Hall–Kier alpha value is -3.73. The van der Waals surface area contributed by atoms with Gasteiger partial charge in [0.25, 0.3) is 0 Å². The highest BCUT2D eigenvalue weighted by molar-refractivity contribution is 5.82. The Morgan fingerprint density at radius 2 is 1.07 bits per heavy atom. The zero-order valence-corrected chi connectivity index (χ0v) is 25.8. The summed E-state index contributed by atoms with van der Waals surface area (Å²) in [4.78, 5) is 13.3. The fourth-order valence-electron chi connectivity index (χ4n) is 7.04. The highest BCUT2D eigenvalue weighted by atomic mass is 16.3. The largest absolute Gasteiger partial charge is 0.507 e. The molecule has 2 N–H and O–H groups in total. The van der Waals surface area contributed by atoms with E-state index in [1.54, 1.807) is 0 Å². The number of hydrogen-bond donors (Lipinski definition) is 2. The Balaban J connectivity index is 1.49. The lowest BCUT2D eigenvalue weighted by atomic mass is 9.78. The van der Waals surface area contributed by atoms with Crippen molar-refractivity contribution in [2.75, 3.05) is 38.0 Å². The average Bonchev–Trinajstić information content (AvgIpc) is 3.48. The van der Waals surface area contributed by atoms with Crippen LogP contribution in [-0.4, -0.2) is 43.3 Å². The molecule has 1 aromatic heterocycles. The summed E-state index contributed by atoms with van der Waals surface area (Å²) in [5.41, 5.74) is 9.90. The molecule has 5 nitrogen and oxygen atoms in total. The highest BCUT2D eigenvalue weighted by Gasteiger charge is 2.27. The number of hydrogen-bond acceptors (Lipinski definition) is 4. The first-order chi connectivity index (χ1) is 20.4. The third kappa shape index (κ3) is 5.79. The SMILES string of the molecule is CN(C)c1ccc(-c2nc(-c3cc(C4CCCCC4)c(O)c(C4CCCCC4)c3)[nH]c2-c2ccc(N(C)C)cc2)cc1. The molecule has 6 rings (SSSR count). The Labute approximate surface area is 251 Å².